The molecule has 0 aliphatic carbocycles. The van der Waals surface area contributed by atoms with Crippen LogP contribution >= 0.6 is 0 Å². The lowest BCUT2D eigenvalue weighted by Gasteiger charge is -2.09. The van der Waals surface area contributed by atoms with Crippen LogP contribution in [-0.4, -0.2) is 23.4 Å². The Morgan fingerprint density at radius 1 is 1.03 bits per heavy atom. The molecule has 0 bridgehead atoms. The molecular weight excluding hydrogens is 404 g/mol. The van der Waals surface area contributed by atoms with Crippen molar-refractivity contribution in [1.82, 2.24) is 4.98 Å². The van der Waals surface area contributed by atoms with E-state index in [1.807, 2.05) is 37.3 Å². The molecule has 7 heteroatoms. The number of primary amides is 1. The van der Waals surface area contributed by atoms with E-state index in [0.29, 0.717) is 29.3 Å². The first kappa shape index (κ1) is 22.3. The van der Waals surface area contributed by atoms with Gasteiger partial charge >= 0.3 is 0 Å². The number of ether oxygens (including phenoxy) is 1. The van der Waals surface area contributed by atoms with Crippen LogP contribution in [-0.2, 0) is 4.79 Å². The first-order chi connectivity index (χ1) is 15.4. The molecule has 7 nitrogen and oxygen atoms in total. The number of amides is 2. The maximum atomic E-state index is 12.3. The number of nitrogens with two attached hydrogens (primary N) is 2. The molecule has 1 heterocycles. The summed E-state index contributed by atoms with van der Waals surface area (Å²) < 4.78 is 5.43. The summed E-state index contributed by atoms with van der Waals surface area (Å²) in [6.45, 7) is 2.41. The van der Waals surface area contributed by atoms with Crippen molar-refractivity contribution in [2.24, 2.45) is 5.73 Å². The van der Waals surface area contributed by atoms with Crippen molar-refractivity contribution in [3.05, 3.63) is 89.3 Å². The highest BCUT2D eigenvalue weighted by molar-refractivity contribution is 6.03. The number of hydrogen-bond donors (Lipinski definition) is 3. The summed E-state index contributed by atoms with van der Waals surface area (Å²) in [6, 6.07) is 15.8. The van der Waals surface area contributed by atoms with Gasteiger partial charge in [0.15, 0.2) is 0 Å². The monoisotopic (exact) mass is 428 g/mol. The molecule has 0 atom stereocenters. The van der Waals surface area contributed by atoms with Crippen LogP contribution in [0.25, 0.3) is 18.2 Å². The standard InChI is InChI=1S/C25H24N4O3/c1-2-32-21-11-12-22(26)23(15-21)29-24(30)13-8-18-7-10-20(28-16-18)9-6-17-4-3-5-19(14-17)25(27)31/h3-16H,2,26H2,1H3,(H2,27,31)(H,29,30)/b9-6+,13-8+. The zero-order chi connectivity index (χ0) is 22.9. The fourth-order valence-electron chi connectivity index (χ4n) is 2.84. The predicted octanol–water partition coefficient (Wildman–Crippen LogP) is 3.98. The molecule has 0 radical (unpaired) electrons. The van der Waals surface area contributed by atoms with Crippen molar-refractivity contribution in [1.29, 1.82) is 0 Å². The predicted molar refractivity (Wildman–Crippen MR) is 128 cm³/mol. The average Bonchev–Trinajstić information content (AvgIpc) is 2.79. The molecule has 0 fully saturated rings. The summed E-state index contributed by atoms with van der Waals surface area (Å²) in [6.07, 6.45) is 8.41. The fourth-order valence-corrected chi connectivity index (χ4v) is 2.84. The maximum Gasteiger partial charge on any atom is 0.248 e. The number of pyridine rings is 1. The molecule has 32 heavy (non-hydrogen) atoms. The van der Waals surface area contributed by atoms with Crippen molar-refractivity contribution in [3.63, 3.8) is 0 Å². The van der Waals surface area contributed by atoms with Crippen molar-refractivity contribution in [2.75, 3.05) is 17.7 Å². The average molecular weight is 428 g/mol. The number of carbonyl (C=O) groups excluding carboxylic acids is 2. The van der Waals surface area contributed by atoms with Crippen molar-refractivity contribution in [2.45, 2.75) is 6.92 Å². The van der Waals surface area contributed by atoms with Crippen LogP contribution in [0.3, 0.4) is 0 Å². The zero-order valence-corrected chi connectivity index (χ0v) is 17.6. The number of nitrogens with zero attached hydrogens (tertiary/aromatic N) is 1. The Morgan fingerprint density at radius 3 is 2.59 bits per heavy atom. The van der Waals surface area contributed by atoms with Crippen molar-refractivity contribution in [3.8, 4) is 5.75 Å². The van der Waals surface area contributed by atoms with Gasteiger partial charge in [0.1, 0.15) is 5.75 Å². The van der Waals surface area contributed by atoms with Crippen LogP contribution in [0, 0.1) is 0 Å². The Bertz CT molecular complexity index is 1170. The summed E-state index contributed by atoms with van der Waals surface area (Å²) in [5, 5.41) is 2.75. The summed E-state index contributed by atoms with van der Waals surface area (Å²) in [5.74, 6) is -0.151. The second-order valence-corrected chi connectivity index (χ2v) is 6.84. The van der Waals surface area contributed by atoms with Crippen LogP contribution in [0.2, 0.25) is 0 Å². The molecule has 1 aromatic heterocycles. The molecule has 3 aromatic rings. The van der Waals surface area contributed by atoms with Crippen molar-refractivity contribution >= 4 is 41.4 Å². The lowest BCUT2D eigenvalue weighted by molar-refractivity contribution is -0.111. The zero-order valence-electron chi connectivity index (χ0n) is 17.6. The first-order valence-electron chi connectivity index (χ1n) is 10.00. The lowest BCUT2D eigenvalue weighted by atomic mass is 10.1. The quantitative estimate of drug-likeness (QED) is 0.370. The second-order valence-electron chi connectivity index (χ2n) is 6.84. The summed E-state index contributed by atoms with van der Waals surface area (Å²) in [4.78, 5) is 27.9. The van der Waals surface area contributed by atoms with Gasteiger partial charge < -0.3 is 21.5 Å². The molecule has 0 unspecified atom stereocenters. The number of aromatic nitrogens is 1. The molecule has 0 saturated carbocycles. The van der Waals surface area contributed by atoms with Gasteiger partial charge in [0, 0.05) is 23.9 Å². The topological polar surface area (TPSA) is 120 Å². The molecule has 3 rings (SSSR count). The SMILES string of the molecule is CCOc1ccc(N)c(NC(=O)/C=C/c2ccc(/C=C/c3cccc(C(N)=O)c3)nc2)c1. The molecule has 2 aromatic carbocycles. The molecule has 0 spiro atoms. The number of rotatable bonds is 8. The van der Waals surface area contributed by atoms with E-state index in [1.54, 1.807) is 48.7 Å². The number of carbonyl (C=O) groups is 2. The van der Waals surface area contributed by atoms with Gasteiger partial charge in [-0.05, 0) is 60.5 Å². The summed E-state index contributed by atoms with van der Waals surface area (Å²) in [7, 11) is 0. The molecule has 5 N–H and O–H groups in total. The van der Waals surface area contributed by atoms with Gasteiger partial charge in [-0.25, -0.2) is 0 Å². The summed E-state index contributed by atoms with van der Waals surface area (Å²) >= 11 is 0. The number of nitrogen functional groups attached to an aromatic ring is 1. The summed E-state index contributed by atoms with van der Waals surface area (Å²) in [5.41, 5.74) is 15.0. The minimum atomic E-state index is -0.469. The van der Waals surface area contributed by atoms with E-state index in [9.17, 15) is 9.59 Å². The molecule has 0 aliphatic heterocycles. The largest absolute Gasteiger partial charge is 0.494 e. The van der Waals surface area contributed by atoms with E-state index in [2.05, 4.69) is 10.3 Å². The smallest absolute Gasteiger partial charge is 0.248 e. The van der Waals surface area contributed by atoms with E-state index in [1.165, 1.54) is 6.08 Å². The molecule has 0 aliphatic rings. The third kappa shape index (κ3) is 6.30. The Kier molecular flexibility index (Phi) is 7.37. The van der Waals surface area contributed by atoms with Gasteiger partial charge in [-0.3, -0.25) is 14.6 Å². The van der Waals surface area contributed by atoms with E-state index in [0.717, 1.165) is 16.8 Å². The van der Waals surface area contributed by atoms with Crippen LogP contribution in [0.1, 0.15) is 34.1 Å². The normalized spacial score (nSPS) is 11.0. The number of nitrogens with one attached hydrogen (secondary N) is 1. The molecular formula is C25H24N4O3. The first-order valence-corrected chi connectivity index (χ1v) is 10.00. The van der Waals surface area contributed by atoms with E-state index in [-0.39, 0.29) is 5.91 Å². The highest BCUT2D eigenvalue weighted by Gasteiger charge is 2.05. The minimum absolute atomic E-state index is 0.316. The highest BCUT2D eigenvalue weighted by Crippen LogP contribution is 2.24. The Morgan fingerprint density at radius 2 is 1.88 bits per heavy atom. The highest BCUT2D eigenvalue weighted by atomic mass is 16.5. The van der Waals surface area contributed by atoms with Crippen LogP contribution in [0.4, 0.5) is 11.4 Å². The molecule has 0 saturated heterocycles. The Balaban J connectivity index is 1.61. The van der Waals surface area contributed by atoms with Crippen LogP contribution < -0.4 is 21.5 Å². The third-order valence-electron chi connectivity index (χ3n) is 4.45. The number of hydrogen-bond acceptors (Lipinski definition) is 5. The van der Waals surface area contributed by atoms with Crippen LogP contribution in [0.5, 0.6) is 5.75 Å². The Hall–Kier alpha value is -4.39. The third-order valence-corrected chi connectivity index (χ3v) is 4.45. The van der Waals surface area contributed by atoms with Gasteiger partial charge in [0.2, 0.25) is 11.8 Å². The van der Waals surface area contributed by atoms with Gasteiger partial charge in [-0.2, -0.15) is 0 Å². The van der Waals surface area contributed by atoms with E-state index >= 15 is 0 Å². The Labute approximate surface area is 186 Å². The minimum Gasteiger partial charge on any atom is -0.494 e. The van der Waals surface area contributed by atoms with Gasteiger partial charge in [0.25, 0.3) is 0 Å². The fraction of sp³-hybridized carbons (Fsp3) is 0.0800. The van der Waals surface area contributed by atoms with Crippen molar-refractivity contribution < 1.29 is 14.3 Å². The van der Waals surface area contributed by atoms with Gasteiger partial charge in [-0.1, -0.05) is 24.3 Å². The number of benzene rings is 2. The van der Waals surface area contributed by atoms with Gasteiger partial charge in [0.05, 0.1) is 23.7 Å². The molecule has 2 amide bonds. The molecule has 162 valence electrons. The van der Waals surface area contributed by atoms with E-state index in [4.69, 9.17) is 16.2 Å². The van der Waals surface area contributed by atoms with Gasteiger partial charge in [-0.15, -0.1) is 0 Å². The number of anilines is 2. The van der Waals surface area contributed by atoms with Crippen LogP contribution in [0.15, 0.2) is 66.9 Å². The lowest BCUT2D eigenvalue weighted by Crippen LogP contribution is -2.10. The van der Waals surface area contributed by atoms with E-state index < -0.39 is 5.91 Å². The second kappa shape index (κ2) is 10.6. The maximum absolute atomic E-state index is 12.3.